The highest BCUT2D eigenvalue weighted by Gasteiger charge is 2.11. The summed E-state index contributed by atoms with van der Waals surface area (Å²) in [6.45, 7) is 2.17. The van der Waals surface area contributed by atoms with Gasteiger partial charge in [-0.2, -0.15) is 4.99 Å². The largest absolute Gasteiger partial charge is 0.194 e. The van der Waals surface area contributed by atoms with E-state index in [1.807, 2.05) is 24.3 Å². The average Bonchev–Trinajstić information content (AvgIpc) is 2.40. The first-order chi connectivity index (χ1) is 8.33. The fourth-order valence-electron chi connectivity index (χ4n) is 1.93. The van der Waals surface area contributed by atoms with Crippen LogP contribution in [0.2, 0.25) is 0 Å². The van der Waals surface area contributed by atoms with E-state index in [1.54, 1.807) is 0 Å². The molecular formula is C15H13NS. The summed E-state index contributed by atoms with van der Waals surface area (Å²) in [7, 11) is 0. The summed E-state index contributed by atoms with van der Waals surface area (Å²) in [5.41, 5.74) is 3.36. The lowest BCUT2D eigenvalue weighted by atomic mass is 9.92. The third kappa shape index (κ3) is 2.68. The van der Waals surface area contributed by atoms with Crippen LogP contribution in [0.15, 0.2) is 59.6 Å². The van der Waals surface area contributed by atoms with Crippen LogP contribution in [0.5, 0.6) is 0 Å². The highest BCUT2D eigenvalue weighted by molar-refractivity contribution is 7.78. The van der Waals surface area contributed by atoms with Crippen molar-refractivity contribution in [3.05, 3.63) is 65.7 Å². The van der Waals surface area contributed by atoms with Gasteiger partial charge in [-0.05, 0) is 29.4 Å². The van der Waals surface area contributed by atoms with Crippen molar-refractivity contribution in [1.82, 2.24) is 0 Å². The summed E-state index contributed by atoms with van der Waals surface area (Å²) in [4.78, 5) is 4.12. The molecule has 2 rings (SSSR count). The van der Waals surface area contributed by atoms with Crippen molar-refractivity contribution in [2.45, 2.75) is 12.8 Å². The lowest BCUT2D eigenvalue weighted by molar-refractivity contribution is 0.922. The third-order valence-corrected chi connectivity index (χ3v) is 2.96. The van der Waals surface area contributed by atoms with Crippen LogP contribution in [0.1, 0.15) is 24.0 Å². The molecule has 0 aliphatic heterocycles. The fraction of sp³-hybridized carbons (Fsp3) is 0.133. The van der Waals surface area contributed by atoms with E-state index < -0.39 is 0 Å². The molecule has 0 aliphatic rings. The predicted octanol–water partition coefficient (Wildman–Crippen LogP) is 4.57. The van der Waals surface area contributed by atoms with Crippen LogP contribution < -0.4 is 0 Å². The summed E-state index contributed by atoms with van der Waals surface area (Å²) in [5, 5.41) is 2.44. The number of nitrogens with zero attached hydrogens (tertiary/aromatic N) is 1. The SMILES string of the molecule is CC(c1ccccc1)c1ccccc1N=C=S. The smallest absolute Gasteiger partial charge is 0.0777 e. The van der Waals surface area contributed by atoms with Gasteiger partial charge in [0, 0.05) is 5.92 Å². The summed E-state index contributed by atoms with van der Waals surface area (Å²) in [6.07, 6.45) is 0. The van der Waals surface area contributed by atoms with Gasteiger partial charge in [0.1, 0.15) is 0 Å². The molecule has 2 aromatic carbocycles. The molecule has 0 heterocycles. The van der Waals surface area contributed by atoms with Crippen molar-refractivity contribution < 1.29 is 0 Å². The van der Waals surface area contributed by atoms with Crippen molar-refractivity contribution in [2.24, 2.45) is 4.99 Å². The van der Waals surface area contributed by atoms with Crippen molar-refractivity contribution in [1.29, 1.82) is 0 Å². The number of benzene rings is 2. The molecule has 1 atom stereocenters. The van der Waals surface area contributed by atoms with Crippen molar-refractivity contribution in [3.63, 3.8) is 0 Å². The van der Waals surface area contributed by atoms with Gasteiger partial charge < -0.3 is 0 Å². The van der Waals surface area contributed by atoms with E-state index in [-0.39, 0.29) is 0 Å². The second kappa shape index (κ2) is 5.53. The summed E-state index contributed by atoms with van der Waals surface area (Å²) >= 11 is 4.68. The van der Waals surface area contributed by atoms with Crippen LogP contribution in [0.3, 0.4) is 0 Å². The number of rotatable bonds is 3. The Morgan fingerprint density at radius 2 is 1.65 bits per heavy atom. The van der Waals surface area contributed by atoms with Gasteiger partial charge in [-0.15, -0.1) is 0 Å². The number of aliphatic imine (C=N–C) groups is 1. The van der Waals surface area contributed by atoms with Crippen LogP contribution in [-0.4, -0.2) is 5.16 Å². The molecule has 1 nitrogen and oxygen atoms in total. The highest BCUT2D eigenvalue weighted by Crippen LogP contribution is 2.31. The van der Waals surface area contributed by atoms with Crippen LogP contribution in [0, 0.1) is 0 Å². The normalized spacial score (nSPS) is 11.6. The first-order valence-electron chi connectivity index (χ1n) is 5.54. The Hall–Kier alpha value is -1.76. The molecule has 0 aromatic heterocycles. The van der Waals surface area contributed by atoms with Gasteiger partial charge in [0.15, 0.2) is 0 Å². The minimum Gasteiger partial charge on any atom is -0.194 e. The van der Waals surface area contributed by atoms with E-state index in [1.165, 1.54) is 11.1 Å². The van der Waals surface area contributed by atoms with Gasteiger partial charge in [-0.3, -0.25) is 0 Å². The topological polar surface area (TPSA) is 12.4 Å². The van der Waals surface area contributed by atoms with Crippen LogP contribution >= 0.6 is 12.2 Å². The molecule has 17 heavy (non-hydrogen) atoms. The Balaban J connectivity index is 2.44. The van der Waals surface area contributed by atoms with Crippen LogP contribution in [0.25, 0.3) is 0 Å². The standard InChI is InChI=1S/C15H13NS/c1-12(13-7-3-2-4-8-13)14-9-5-6-10-15(14)16-11-17/h2-10,12H,1H3. The van der Waals surface area contributed by atoms with Gasteiger partial charge in [0.2, 0.25) is 0 Å². The number of para-hydroxylation sites is 1. The zero-order chi connectivity index (χ0) is 12.1. The molecule has 0 fully saturated rings. The van der Waals surface area contributed by atoms with E-state index in [9.17, 15) is 0 Å². The number of isothiocyanates is 1. The Labute approximate surface area is 107 Å². The van der Waals surface area contributed by atoms with Gasteiger partial charge >= 0.3 is 0 Å². The molecule has 2 heteroatoms. The monoisotopic (exact) mass is 239 g/mol. The average molecular weight is 239 g/mol. The van der Waals surface area contributed by atoms with Gasteiger partial charge in [-0.1, -0.05) is 55.5 Å². The maximum atomic E-state index is 4.68. The van der Waals surface area contributed by atoms with E-state index in [4.69, 9.17) is 0 Å². The molecule has 0 amide bonds. The van der Waals surface area contributed by atoms with Crippen molar-refractivity contribution in [3.8, 4) is 0 Å². The quantitative estimate of drug-likeness (QED) is 0.564. The maximum absolute atomic E-state index is 4.68. The zero-order valence-corrected chi connectivity index (χ0v) is 10.4. The van der Waals surface area contributed by atoms with Crippen LogP contribution in [-0.2, 0) is 0 Å². The second-order valence-electron chi connectivity index (χ2n) is 3.89. The van der Waals surface area contributed by atoms with Gasteiger partial charge in [0.05, 0.1) is 10.8 Å². The fourth-order valence-corrected chi connectivity index (χ4v) is 2.02. The van der Waals surface area contributed by atoms with Crippen LogP contribution in [0.4, 0.5) is 5.69 Å². The van der Waals surface area contributed by atoms with E-state index in [2.05, 4.69) is 59.6 Å². The van der Waals surface area contributed by atoms with Crippen molar-refractivity contribution >= 4 is 23.1 Å². The molecule has 0 aliphatic carbocycles. The van der Waals surface area contributed by atoms with Crippen molar-refractivity contribution in [2.75, 3.05) is 0 Å². The van der Waals surface area contributed by atoms with Gasteiger partial charge in [-0.25, -0.2) is 0 Å². The molecule has 84 valence electrons. The van der Waals surface area contributed by atoms with E-state index >= 15 is 0 Å². The Bertz CT molecular complexity index is 542. The highest BCUT2D eigenvalue weighted by atomic mass is 32.1. The second-order valence-corrected chi connectivity index (χ2v) is 4.08. The first-order valence-corrected chi connectivity index (χ1v) is 5.95. The third-order valence-electron chi connectivity index (χ3n) is 2.87. The number of hydrogen-bond donors (Lipinski definition) is 0. The first kappa shape index (κ1) is 11.7. The molecule has 0 saturated heterocycles. The maximum Gasteiger partial charge on any atom is 0.0777 e. The van der Waals surface area contributed by atoms with E-state index in [0.717, 1.165) is 5.69 Å². The molecule has 0 spiro atoms. The lowest BCUT2D eigenvalue weighted by Crippen LogP contribution is -1.95. The molecule has 2 aromatic rings. The molecule has 0 saturated carbocycles. The zero-order valence-electron chi connectivity index (χ0n) is 9.63. The number of thiocarbonyl (C=S) groups is 1. The Morgan fingerprint density at radius 3 is 2.35 bits per heavy atom. The minimum absolute atomic E-state index is 0.305. The Kier molecular flexibility index (Phi) is 3.81. The molecule has 0 radical (unpaired) electrons. The Morgan fingerprint density at radius 1 is 1.00 bits per heavy atom. The minimum atomic E-state index is 0.305. The predicted molar refractivity (Wildman–Crippen MR) is 75.1 cm³/mol. The summed E-state index contributed by atoms with van der Waals surface area (Å²) in [6, 6.07) is 18.4. The lowest BCUT2D eigenvalue weighted by Gasteiger charge is -2.14. The molecule has 0 N–H and O–H groups in total. The number of hydrogen-bond acceptors (Lipinski definition) is 2. The summed E-state index contributed by atoms with van der Waals surface area (Å²) < 4.78 is 0. The molecule has 0 bridgehead atoms. The van der Waals surface area contributed by atoms with E-state index in [0.29, 0.717) is 5.92 Å². The molecular weight excluding hydrogens is 226 g/mol. The van der Waals surface area contributed by atoms with Gasteiger partial charge in [0.25, 0.3) is 0 Å². The molecule has 1 unspecified atom stereocenters. The summed E-state index contributed by atoms with van der Waals surface area (Å²) in [5.74, 6) is 0.305.